The zero-order valence-electron chi connectivity index (χ0n) is 8.86. The lowest BCUT2D eigenvalue weighted by molar-refractivity contribution is 0.794. The van der Waals surface area contributed by atoms with Gasteiger partial charge in [-0.15, -0.1) is 12.1 Å². The van der Waals surface area contributed by atoms with Gasteiger partial charge in [-0.3, -0.25) is 0 Å². The summed E-state index contributed by atoms with van der Waals surface area (Å²) >= 11 is 2.44. The third-order valence-electron chi connectivity index (χ3n) is 1.47. The van der Waals surface area contributed by atoms with Gasteiger partial charge in [0.1, 0.15) is 8.07 Å². The van der Waals surface area contributed by atoms with Gasteiger partial charge in [-0.05, 0) is 19.3 Å². The molecule has 1 atom stereocenters. The number of hydrogen-bond donors (Lipinski definition) is 0. The van der Waals surface area contributed by atoms with Crippen LogP contribution in [0.2, 0.25) is 19.6 Å². The highest BCUT2D eigenvalue weighted by molar-refractivity contribution is 14.1. The Labute approximate surface area is 97.3 Å². The van der Waals surface area contributed by atoms with Crippen LogP contribution in [0.15, 0.2) is 12.7 Å². The molecule has 74 valence electrons. The topological polar surface area (TPSA) is 0 Å². The molecule has 0 aliphatic carbocycles. The fraction of sp³-hybridized carbons (Fsp3) is 0.636. The van der Waals surface area contributed by atoms with Crippen LogP contribution < -0.4 is 0 Å². The van der Waals surface area contributed by atoms with E-state index in [2.05, 4.69) is 60.3 Å². The molecule has 0 spiro atoms. The van der Waals surface area contributed by atoms with E-state index in [-0.39, 0.29) is 0 Å². The molecule has 0 aromatic rings. The van der Waals surface area contributed by atoms with Crippen molar-refractivity contribution in [3.63, 3.8) is 0 Å². The summed E-state index contributed by atoms with van der Waals surface area (Å²) < 4.78 is 0.532. The summed E-state index contributed by atoms with van der Waals surface area (Å²) in [6.07, 6.45) is 5.52. The van der Waals surface area contributed by atoms with Gasteiger partial charge in [0, 0.05) is 0 Å². The van der Waals surface area contributed by atoms with Crippen molar-refractivity contribution in [3.8, 4) is 11.5 Å². The molecular weight excluding hydrogens is 287 g/mol. The Hall–Kier alpha value is 0.247. The minimum atomic E-state index is -1.15. The molecule has 0 amide bonds. The predicted octanol–water partition coefficient (Wildman–Crippen LogP) is 4.03. The molecule has 1 unspecified atom stereocenters. The Morgan fingerprint density at radius 3 is 2.54 bits per heavy atom. The van der Waals surface area contributed by atoms with Gasteiger partial charge in [0.05, 0.1) is 3.92 Å². The van der Waals surface area contributed by atoms with E-state index in [4.69, 9.17) is 0 Å². The summed E-state index contributed by atoms with van der Waals surface area (Å²) in [5.74, 6) is 3.35. The standard InChI is InChI=1S/C11H19ISi/c1-5-6-7-8-11(12)9-10-13(2,3)4/h5,11H,1,6-8H2,2-4H3. The zero-order chi connectivity index (χ0) is 10.3. The van der Waals surface area contributed by atoms with Crippen molar-refractivity contribution in [2.24, 2.45) is 0 Å². The van der Waals surface area contributed by atoms with E-state index >= 15 is 0 Å². The first-order valence-corrected chi connectivity index (χ1v) is 9.48. The van der Waals surface area contributed by atoms with Gasteiger partial charge in [0.15, 0.2) is 0 Å². The molecule has 13 heavy (non-hydrogen) atoms. The third kappa shape index (κ3) is 10.2. The highest BCUT2D eigenvalue weighted by Crippen LogP contribution is 2.10. The van der Waals surface area contributed by atoms with Crippen LogP contribution >= 0.6 is 22.6 Å². The van der Waals surface area contributed by atoms with Gasteiger partial charge in [-0.25, -0.2) is 0 Å². The summed E-state index contributed by atoms with van der Waals surface area (Å²) in [5, 5.41) is 0. The zero-order valence-corrected chi connectivity index (χ0v) is 12.0. The van der Waals surface area contributed by atoms with Gasteiger partial charge in [0.25, 0.3) is 0 Å². The molecule has 0 saturated heterocycles. The predicted molar refractivity (Wildman–Crippen MR) is 73.0 cm³/mol. The van der Waals surface area contributed by atoms with Crippen LogP contribution in [-0.4, -0.2) is 12.0 Å². The fourth-order valence-electron chi connectivity index (χ4n) is 0.808. The molecule has 0 radical (unpaired) electrons. The van der Waals surface area contributed by atoms with Crippen molar-refractivity contribution in [1.82, 2.24) is 0 Å². The van der Waals surface area contributed by atoms with Crippen LogP contribution in [0.1, 0.15) is 19.3 Å². The Morgan fingerprint density at radius 1 is 1.46 bits per heavy atom. The van der Waals surface area contributed by atoms with Gasteiger partial charge in [-0.2, -0.15) is 0 Å². The number of alkyl halides is 1. The monoisotopic (exact) mass is 306 g/mol. The average Bonchev–Trinajstić information content (AvgIpc) is 2.00. The number of halogens is 1. The van der Waals surface area contributed by atoms with E-state index in [1.165, 1.54) is 12.8 Å². The minimum absolute atomic E-state index is 0.532. The van der Waals surface area contributed by atoms with E-state index < -0.39 is 8.07 Å². The molecule has 2 heteroatoms. The van der Waals surface area contributed by atoms with E-state index in [1.54, 1.807) is 0 Å². The van der Waals surface area contributed by atoms with E-state index in [1.807, 2.05) is 6.08 Å². The smallest absolute Gasteiger partial charge is 0.129 e. The van der Waals surface area contributed by atoms with Crippen LogP contribution in [-0.2, 0) is 0 Å². The number of allylic oxidation sites excluding steroid dienone is 1. The molecule has 0 aliphatic rings. The highest BCUT2D eigenvalue weighted by Gasteiger charge is 2.08. The van der Waals surface area contributed by atoms with Crippen LogP contribution in [0.3, 0.4) is 0 Å². The quantitative estimate of drug-likeness (QED) is 0.184. The molecule has 0 heterocycles. The summed E-state index contributed by atoms with van der Waals surface area (Å²) in [4.78, 5) is 0. The normalized spacial score (nSPS) is 12.9. The number of hydrogen-bond acceptors (Lipinski definition) is 0. The lowest BCUT2D eigenvalue weighted by atomic mass is 10.2. The van der Waals surface area contributed by atoms with Gasteiger partial charge in [0.2, 0.25) is 0 Å². The van der Waals surface area contributed by atoms with E-state index in [0.29, 0.717) is 3.92 Å². The molecule has 0 aromatic carbocycles. The molecule has 0 nitrogen and oxygen atoms in total. The maximum absolute atomic E-state index is 3.71. The molecular formula is C11H19ISi. The first-order chi connectivity index (χ1) is 5.95. The average molecular weight is 306 g/mol. The molecule has 0 rings (SSSR count). The van der Waals surface area contributed by atoms with Crippen molar-refractivity contribution in [1.29, 1.82) is 0 Å². The summed E-state index contributed by atoms with van der Waals surface area (Å²) in [7, 11) is -1.15. The highest BCUT2D eigenvalue weighted by atomic mass is 127. The second-order valence-corrected chi connectivity index (χ2v) is 10.5. The van der Waals surface area contributed by atoms with Crippen molar-refractivity contribution in [2.45, 2.75) is 42.8 Å². The Bertz CT molecular complexity index is 204. The SMILES string of the molecule is C=CCCCC(I)C#C[Si](C)(C)C. The van der Waals surface area contributed by atoms with Crippen molar-refractivity contribution in [2.75, 3.05) is 0 Å². The van der Waals surface area contributed by atoms with Crippen LogP contribution in [0.5, 0.6) is 0 Å². The second-order valence-electron chi connectivity index (χ2n) is 4.21. The van der Waals surface area contributed by atoms with E-state index in [0.717, 1.165) is 6.42 Å². The first kappa shape index (κ1) is 13.2. The summed E-state index contributed by atoms with van der Waals surface area (Å²) in [5.41, 5.74) is 3.40. The largest absolute Gasteiger partial charge is 0.131 e. The van der Waals surface area contributed by atoms with Gasteiger partial charge in [-0.1, -0.05) is 54.2 Å². The molecule has 0 N–H and O–H groups in total. The lowest BCUT2D eigenvalue weighted by Crippen LogP contribution is -2.17. The number of rotatable bonds is 4. The summed E-state index contributed by atoms with van der Waals surface area (Å²) in [6, 6.07) is 0. The molecule has 0 aromatic heterocycles. The summed E-state index contributed by atoms with van der Waals surface area (Å²) in [6.45, 7) is 10.6. The Morgan fingerprint density at radius 2 is 2.08 bits per heavy atom. The van der Waals surface area contributed by atoms with Crippen molar-refractivity contribution >= 4 is 30.7 Å². The Balaban J connectivity index is 3.77. The minimum Gasteiger partial charge on any atom is -0.131 e. The van der Waals surface area contributed by atoms with Gasteiger partial charge < -0.3 is 0 Å². The maximum Gasteiger partial charge on any atom is 0.129 e. The van der Waals surface area contributed by atoms with E-state index in [9.17, 15) is 0 Å². The fourth-order valence-corrected chi connectivity index (χ4v) is 2.31. The maximum atomic E-state index is 3.71. The van der Waals surface area contributed by atoms with Crippen molar-refractivity contribution < 1.29 is 0 Å². The Kier molecular flexibility index (Phi) is 6.79. The van der Waals surface area contributed by atoms with Crippen LogP contribution in [0.4, 0.5) is 0 Å². The van der Waals surface area contributed by atoms with Crippen LogP contribution in [0, 0.1) is 11.5 Å². The van der Waals surface area contributed by atoms with Gasteiger partial charge >= 0.3 is 0 Å². The molecule has 0 aliphatic heterocycles. The van der Waals surface area contributed by atoms with Crippen LogP contribution in [0.25, 0.3) is 0 Å². The third-order valence-corrected chi connectivity index (χ3v) is 3.30. The molecule has 0 saturated carbocycles. The number of unbranched alkanes of at least 4 members (excludes halogenated alkanes) is 1. The first-order valence-electron chi connectivity index (χ1n) is 4.73. The molecule has 0 fully saturated rings. The van der Waals surface area contributed by atoms with Crippen molar-refractivity contribution in [3.05, 3.63) is 12.7 Å². The molecule has 0 bridgehead atoms. The second kappa shape index (κ2) is 6.66. The lowest BCUT2D eigenvalue weighted by Gasteiger charge is -2.05.